The second kappa shape index (κ2) is 7.01. The molecule has 0 aromatic heterocycles. The Hall–Kier alpha value is -0.930. The van der Waals surface area contributed by atoms with Crippen molar-refractivity contribution in [2.75, 3.05) is 19.6 Å². The van der Waals surface area contributed by atoms with Gasteiger partial charge in [-0.05, 0) is 37.9 Å². The van der Waals surface area contributed by atoms with Gasteiger partial charge in [-0.2, -0.15) is 0 Å². The Morgan fingerprint density at radius 3 is 2.89 bits per heavy atom. The molecule has 0 radical (unpaired) electrons. The van der Waals surface area contributed by atoms with Gasteiger partial charge in [0.2, 0.25) is 0 Å². The Morgan fingerprint density at radius 1 is 1.37 bits per heavy atom. The van der Waals surface area contributed by atoms with Gasteiger partial charge in [-0.1, -0.05) is 32.0 Å². The van der Waals surface area contributed by atoms with Crippen molar-refractivity contribution in [2.24, 2.45) is 5.92 Å². The summed E-state index contributed by atoms with van der Waals surface area (Å²) in [5.74, 6) is 0.602. The van der Waals surface area contributed by atoms with E-state index in [1.54, 1.807) is 12.1 Å². The van der Waals surface area contributed by atoms with Gasteiger partial charge in [0.15, 0.2) is 0 Å². The molecule has 0 saturated carbocycles. The zero-order valence-corrected chi connectivity index (χ0v) is 12.0. The minimum atomic E-state index is -0.0803. The first-order valence-electron chi connectivity index (χ1n) is 7.35. The van der Waals surface area contributed by atoms with E-state index in [0.717, 1.165) is 31.7 Å². The highest BCUT2D eigenvalue weighted by molar-refractivity contribution is 5.17. The molecule has 0 aliphatic carbocycles. The van der Waals surface area contributed by atoms with Crippen molar-refractivity contribution in [2.45, 2.75) is 39.3 Å². The Bertz CT molecular complexity index is 392. The molecule has 1 aromatic rings. The van der Waals surface area contributed by atoms with Crippen LogP contribution in [0, 0.1) is 11.7 Å². The van der Waals surface area contributed by atoms with Gasteiger partial charge in [-0.25, -0.2) is 4.39 Å². The quantitative estimate of drug-likeness (QED) is 0.849. The van der Waals surface area contributed by atoms with Crippen molar-refractivity contribution < 1.29 is 4.39 Å². The summed E-state index contributed by atoms with van der Waals surface area (Å²) < 4.78 is 13.7. The van der Waals surface area contributed by atoms with Gasteiger partial charge in [-0.15, -0.1) is 0 Å². The molecule has 1 atom stereocenters. The van der Waals surface area contributed by atoms with Gasteiger partial charge >= 0.3 is 0 Å². The first-order chi connectivity index (χ1) is 9.16. The minimum Gasteiger partial charge on any atom is -0.315 e. The van der Waals surface area contributed by atoms with Gasteiger partial charge in [0.05, 0.1) is 0 Å². The molecule has 3 heteroatoms. The fraction of sp³-hybridized carbons (Fsp3) is 0.625. The third-order valence-electron chi connectivity index (χ3n) is 3.76. The molecule has 1 aromatic carbocycles. The zero-order valence-electron chi connectivity index (χ0n) is 12.0. The van der Waals surface area contributed by atoms with Crippen LogP contribution in [0.1, 0.15) is 32.3 Å². The van der Waals surface area contributed by atoms with Crippen LogP contribution in [0.4, 0.5) is 4.39 Å². The maximum absolute atomic E-state index is 13.7. The monoisotopic (exact) mass is 264 g/mol. The van der Waals surface area contributed by atoms with E-state index in [1.165, 1.54) is 12.8 Å². The van der Waals surface area contributed by atoms with E-state index < -0.39 is 0 Å². The van der Waals surface area contributed by atoms with Crippen molar-refractivity contribution in [3.8, 4) is 0 Å². The van der Waals surface area contributed by atoms with E-state index in [4.69, 9.17) is 0 Å². The molecule has 2 rings (SSSR count). The number of benzene rings is 1. The molecule has 2 nitrogen and oxygen atoms in total. The van der Waals surface area contributed by atoms with Crippen LogP contribution in [0.2, 0.25) is 0 Å². The predicted molar refractivity (Wildman–Crippen MR) is 77.5 cm³/mol. The highest BCUT2D eigenvalue weighted by Crippen LogP contribution is 2.20. The SMILES string of the molecule is CC(C)CNCC1CCCN1Cc1ccccc1F. The fourth-order valence-corrected chi connectivity index (χ4v) is 2.72. The first-order valence-corrected chi connectivity index (χ1v) is 7.35. The largest absolute Gasteiger partial charge is 0.315 e. The maximum atomic E-state index is 13.7. The normalized spacial score (nSPS) is 20.3. The van der Waals surface area contributed by atoms with Gasteiger partial charge in [-0.3, -0.25) is 4.90 Å². The van der Waals surface area contributed by atoms with Gasteiger partial charge in [0, 0.05) is 24.7 Å². The van der Waals surface area contributed by atoms with Crippen molar-refractivity contribution >= 4 is 0 Å². The van der Waals surface area contributed by atoms with E-state index in [2.05, 4.69) is 24.1 Å². The van der Waals surface area contributed by atoms with Crippen LogP contribution < -0.4 is 5.32 Å². The second-order valence-electron chi connectivity index (χ2n) is 5.91. The van der Waals surface area contributed by atoms with Crippen LogP contribution in [0.3, 0.4) is 0 Å². The molecule has 1 fully saturated rings. The lowest BCUT2D eigenvalue weighted by Gasteiger charge is -2.25. The number of rotatable bonds is 6. The Balaban J connectivity index is 1.87. The highest BCUT2D eigenvalue weighted by atomic mass is 19.1. The highest BCUT2D eigenvalue weighted by Gasteiger charge is 2.24. The summed E-state index contributed by atoms with van der Waals surface area (Å²) in [7, 11) is 0. The lowest BCUT2D eigenvalue weighted by atomic mass is 10.1. The van der Waals surface area contributed by atoms with Gasteiger partial charge < -0.3 is 5.32 Å². The Morgan fingerprint density at radius 2 is 2.16 bits per heavy atom. The van der Waals surface area contributed by atoms with Crippen molar-refractivity contribution in [1.29, 1.82) is 0 Å². The summed E-state index contributed by atoms with van der Waals surface area (Å²) in [6.07, 6.45) is 2.45. The molecule has 0 amide bonds. The topological polar surface area (TPSA) is 15.3 Å². The van der Waals surface area contributed by atoms with E-state index >= 15 is 0 Å². The lowest BCUT2D eigenvalue weighted by molar-refractivity contribution is 0.234. The standard InChI is InChI=1S/C16H25FN2/c1-13(2)10-18-11-15-7-5-9-19(15)12-14-6-3-4-8-16(14)17/h3-4,6,8,13,15,18H,5,7,9-12H2,1-2H3. The molecule has 1 heterocycles. The number of nitrogens with one attached hydrogen (secondary N) is 1. The van der Waals surface area contributed by atoms with Crippen molar-refractivity contribution in [3.05, 3.63) is 35.6 Å². The minimum absolute atomic E-state index is 0.0803. The molecule has 1 aliphatic rings. The van der Waals surface area contributed by atoms with E-state index in [0.29, 0.717) is 12.0 Å². The van der Waals surface area contributed by atoms with E-state index in [9.17, 15) is 4.39 Å². The third-order valence-corrected chi connectivity index (χ3v) is 3.76. The maximum Gasteiger partial charge on any atom is 0.127 e. The Labute approximate surface area is 116 Å². The summed E-state index contributed by atoms with van der Waals surface area (Å²) in [4.78, 5) is 2.41. The number of halogens is 1. The number of likely N-dealkylation sites (tertiary alicyclic amines) is 1. The Kier molecular flexibility index (Phi) is 5.34. The van der Waals surface area contributed by atoms with Crippen LogP contribution in [0.15, 0.2) is 24.3 Å². The predicted octanol–water partition coefficient (Wildman–Crippen LogP) is 3.04. The van der Waals surface area contributed by atoms with E-state index in [-0.39, 0.29) is 5.82 Å². The third kappa shape index (κ3) is 4.29. The second-order valence-corrected chi connectivity index (χ2v) is 5.91. The average Bonchev–Trinajstić information content (AvgIpc) is 2.79. The van der Waals surface area contributed by atoms with Crippen LogP contribution in [-0.2, 0) is 6.54 Å². The summed E-state index contributed by atoms with van der Waals surface area (Å²) in [6.45, 7) is 8.34. The summed E-state index contributed by atoms with van der Waals surface area (Å²) in [5, 5.41) is 3.52. The van der Waals surface area contributed by atoms with Gasteiger partial charge in [0.25, 0.3) is 0 Å². The molecular formula is C16H25FN2. The van der Waals surface area contributed by atoms with E-state index in [1.807, 2.05) is 12.1 Å². The molecular weight excluding hydrogens is 239 g/mol. The number of hydrogen-bond donors (Lipinski definition) is 1. The van der Waals surface area contributed by atoms with Crippen LogP contribution >= 0.6 is 0 Å². The zero-order chi connectivity index (χ0) is 13.7. The summed E-state index contributed by atoms with van der Waals surface area (Å²) >= 11 is 0. The van der Waals surface area contributed by atoms with Crippen LogP contribution in [0.5, 0.6) is 0 Å². The van der Waals surface area contributed by atoms with Crippen LogP contribution in [-0.4, -0.2) is 30.6 Å². The molecule has 1 unspecified atom stereocenters. The van der Waals surface area contributed by atoms with Crippen molar-refractivity contribution in [1.82, 2.24) is 10.2 Å². The smallest absolute Gasteiger partial charge is 0.127 e. The molecule has 1 saturated heterocycles. The average molecular weight is 264 g/mol. The number of hydrogen-bond acceptors (Lipinski definition) is 2. The molecule has 0 bridgehead atoms. The molecule has 1 aliphatic heterocycles. The van der Waals surface area contributed by atoms with Crippen molar-refractivity contribution in [3.63, 3.8) is 0 Å². The number of nitrogens with zero attached hydrogens (tertiary/aromatic N) is 1. The molecule has 19 heavy (non-hydrogen) atoms. The molecule has 106 valence electrons. The van der Waals surface area contributed by atoms with Gasteiger partial charge in [0.1, 0.15) is 5.82 Å². The summed E-state index contributed by atoms with van der Waals surface area (Å²) in [5.41, 5.74) is 0.818. The first kappa shape index (κ1) is 14.5. The van der Waals surface area contributed by atoms with Crippen LogP contribution in [0.25, 0.3) is 0 Å². The molecule has 1 N–H and O–H groups in total. The fourth-order valence-electron chi connectivity index (χ4n) is 2.72. The molecule has 0 spiro atoms. The summed E-state index contributed by atoms with van der Waals surface area (Å²) in [6, 6.07) is 7.67. The lowest BCUT2D eigenvalue weighted by Crippen LogP contribution is -2.38.